The summed E-state index contributed by atoms with van der Waals surface area (Å²) in [7, 11) is 7.50. The summed E-state index contributed by atoms with van der Waals surface area (Å²) < 4.78 is 0.917. The van der Waals surface area contributed by atoms with E-state index in [9.17, 15) is 9.59 Å². The Balaban J connectivity index is 0.000000704. The van der Waals surface area contributed by atoms with E-state index in [0.717, 1.165) is 10.2 Å². The summed E-state index contributed by atoms with van der Waals surface area (Å²) in [4.78, 5) is 26.3. The molecule has 0 saturated carbocycles. The van der Waals surface area contributed by atoms with Gasteiger partial charge < -0.3 is 15.7 Å². The van der Waals surface area contributed by atoms with E-state index in [0.29, 0.717) is 5.01 Å². The van der Waals surface area contributed by atoms with E-state index >= 15 is 0 Å². The quantitative estimate of drug-likeness (QED) is 0.626. The van der Waals surface area contributed by atoms with E-state index in [1.165, 1.54) is 11.3 Å². The van der Waals surface area contributed by atoms with Gasteiger partial charge in [-0.1, -0.05) is 12.1 Å². The number of carbonyl (C=O) groups excluding carboxylic acids is 1. The zero-order chi connectivity index (χ0) is 17.8. The van der Waals surface area contributed by atoms with Crippen LogP contribution < -0.4 is 10.6 Å². The zero-order valence-corrected chi connectivity index (χ0v) is 15.4. The number of carboxylic acid groups (broad SMARTS) is 1. The van der Waals surface area contributed by atoms with Crippen molar-refractivity contribution in [1.29, 1.82) is 0 Å². The highest BCUT2D eigenvalue weighted by atomic mass is 32.1. The average Bonchev–Trinajstić information content (AvgIpc) is 2.89. The van der Waals surface area contributed by atoms with E-state index in [1.54, 1.807) is 0 Å². The molecule has 128 valence electrons. The third kappa shape index (κ3) is 8.08. The maximum Gasteiger partial charge on any atom is 0.313 e. The monoisotopic (exact) mass is 357 g/mol. The number of hydrogen-bond donors (Lipinski definition) is 4. The average molecular weight is 358 g/mol. The lowest BCUT2D eigenvalue weighted by Crippen LogP contribution is -2.13. The van der Waals surface area contributed by atoms with Gasteiger partial charge in [0.1, 0.15) is 10.9 Å². The number of benzene rings is 1. The highest BCUT2D eigenvalue weighted by Crippen LogP contribution is 2.29. The second kappa shape index (κ2) is 12.0. The Bertz CT molecular complexity index is 582. The van der Waals surface area contributed by atoms with Gasteiger partial charge in [0, 0.05) is 6.42 Å². The number of aliphatic carboxylic acids is 1. The molecule has 0 fully saturated rings. The number of rotatable bonds is 4. The highest BCUT2D eigenvalue weighted by Gasteiger charge is 2.25. The molecule has 1 heterocycles. The first kappa shape index (κ1) is 21.5. The van der Waals surface area contributed by atoms with Crippen LogP contribution in [0.25, 0.3) is 10.2 Å². The zero-order valence-electron chi connectivity index (χ0n) is 13.7. The molecule has 1 aromatic heterocycles. The number of thiol groups is 1. The number of nitrogens with zero attached hydrogens (tertiary/aromatic N) is 1. The Morgan fingerprint density at radius 1 is 1.22 bits per heavy atom. The van der Waals surface area contributed by atoms with Gasteiger partial charge >= 0.3 is 5.97 Å². The van der Waals surface area contributed by atoms with E-state index in [4.69, 9.17) is 5.11 Å². The molecule has 6 nitrogen and oxygen atoms in total. The summed E-state index contributed by atoms with van der Waals surface area (Å²) in [6, 6.07) is 7.39. The summed E-state index contributed by atoms with van der Waals surface area (Å²) >= 11 is 4.92. The predicted molar refractivity (Wildman–Crippen MR) is 98.6 cm³/mol. The van der Waals surface area contributed by atoms with Crippen LogP contribution in [-0.4, -0.2) is 49.4 Å². The van der Waals surface area contributed by atoms with Crippen LogP contribution in [0.5, 0.6) is 0 Å². The second-order valence-electron chi connectivity index (χ2n) is 4.51. The van der Waals surface area contributed by atoms with Gasteiger partial charge in [-0.3, -0.25) is 9.59 Å². The predicted octanol–water partition coefficient (Wildman–Crippen LogP) is 1.98. The number of carbonyl (C=O) groups is 2. The fourth-order valence-electron chi connectivity index (χ4n) is 1.49. The summed E-state index contributed by atoms with van der Waals surface area (Å²) in [6.07, 6.45) is -0.141. The van der Waals surface area contributed by atoms with Gasteiger partial charge in [0.05, 0.1) is 10.2 Å². The van der Waals surface area contributed by atoms with Crippen LogP contribution in [0, 0.1) is 0 Å². The Hall–Kier alpha value is -1.48. The number of nitrogens with one attached hydrogen (secondary N) is 2. The van der Waals surface area contributed by atoms with Crippen molar-refractivity contribution < 1.29 is 14.7 Å². The Labute approximate surface area is 145 Å². The van der Waals surface area contributed by atoms with Crippen LogP contribution in [0.15, 0.2) is 24.3 Å². The van der Waals surface area contributed by atoms with Crippen molar-refractivity contribution in [3.8, 4) is 0 Å². The fourth-order valence-corrected chi connectivity index (χ4v) is 2.74. The van der Waals surface area contributed by atoms with E-state index < -0.39 is 17.0 Å². The summed E-state index contributed by atoms with van der Waals surface area (Å²) in [5.41, 5.74) is 0.755. The van der Waals surface area contributed by atoms with Gasteiger partial charge in [0.25, 0.3) is 0 Å². The molecule has 2 aromatic rings. The van der Waals surface area contributed by atoms with Crippen LogP contribution in [0.3, 0.4) is 0 Å². The SMILES string of the molecule is CNC.CNC.O=C(S)CC(C(=O)O)c1nc2ccccc2s1. The lowest BCUT2D eigenvalue weighted by Gasteiger charge is -2.05. The van der Waals surface area contributed by atoms with Crippen molar-refractivity contribution in [3.63, 3.8) is 0 Å². The molecule has 0 saturated heterocycles. The first-order valence-corrected chi connectivity index (χ1v) is 8.14. The number of para-hydroxylation sites is 1. The fraction of sp³-hybridized carbons (Fsp3) is 0.400. The van der Waals surface area contributed by atoms with Gasteiger partial charge in [0.2, 0.25) is 0 Å². The Morgan fingerprint density at radius 3 is 2.17 bits per heavy atom. The van der Waals surface area contributed by atoms with Gasteiger partial charge in [0.15, 0.2) is 5.12 Å². The number of carboxylic acids is 1. The third-order valence-electron chi connectivity index (χ3n) is 2.29. The smallest absolute Gasteiger partial charge is 0.313 e. The summed E-state index contributed by atoms with van der Waals surface area (Å²) in [5, 5.41) is 14.6. The first-order chi connectivity index (χ1) is 10.9. The molecule has 0 aliphatic carbocycles. The second-order valence-corrected chi connectivity index (χ2v) is 6.07. The standard InChI is InChI=1S/C11H9NO3S2.2C2H7N/c13-9(16)5-6(11(14)15)10-12-7-3-1-2-4-8(7)17-10;2*1-3-2/h1-4,6H,5H2,(H,13,16)(H,14,15);2*3H,1-2H3. The van der Waals surface area contributed by atoms with E-state index in [-0.39, 0.29) is 6.42 Å². The molecule has 1 atom stereocenters. The highest BCUT2D eigenvalue weighted by molar-refractivity contribution is 7.96. The first-order valence-electron chi connectivity index (χ1n) is 6.88. The van der Waals surface area contributed by atoms with Crippen LogP contribution >= 0.6 is 24.0 Å². The van der Waals surface area contributed by atoms with Crippen LogP contribution in [0.1, 0.15) is 17.3 Å². The normalized spacial score (nSPS) is 10.8. The molecule has 0 amide bonds. The van der Waals surface area contributed by atoms with Crippen LogP contribution in [0.2, 0.25) is 0 Å². The summed E-state index contributed by atoms with van der Waals surface area (Å²) in [5.74, 6) is -1.95. The van der Waals surface area contributed by atoms with Gasteiger partial charge in [-0.2, -0.15) is 0 Å². The maximum absolute atomic E-state index is 11.1. The molecule has 0 aliphatic rings. The summed E-state index contributed by atoms with van der Waals surface area (Å²) in [6.45, 7) is 0. The van der Waals surface area contributed by atoms with E-state index in [1.807, 2.05) is 52.5 Å². The molecule has 0 aliphatic heterocycles. The molecule has 8 heteroatoms. The van der Waals surface area contributed by atoms with Gasteiger partial charge in [-0.05, 0) is 40.3 Å². The molecular weight excluding hydrogens is 334 g/mol. The molecule has 0 spiro atoms. The molecule has 2 rings (SSSR count). The molecule has 1 aromatic carbocycles. The maximum atomic E-state index is 11.1. The Kier molecular flexibility index (Phi) is 11.2. The molecule has 0 radical (unpaired) electrons. The van der Waals surface area contributed by atoms with Crippen molar-refractivity contribution >= 4 is 45.3 Å². The van der Waals surface area contributed by atoms with Gasteiger partial charge in [-0.25, -0.2) is 4.98 Å². The molecule has 0 bridgehead atoms. The van der Waals surface area contributed by atoms with Crippen LogP contribution in [-0.2, 0) is 9.59 Å². The minimum atomic E-state index is -1.05. The molecular formula is C15H23N3O3S2. The third-order valence-corrected chi connectivity index (χ3v) is 3.62. The minimum absolute atomic E-state index is 0.141. The van der Waals surface area contributed by atoms with Crippen molar-refractivity contribution in [2.24, 2.45) is 0 Å². The molecule has 23 heavy (non-hydrogen) atoms. The van der Waals surface area contributed by atoms with Crippen molar-refractivity contribution in [2.45, 2.75) is 12.3 Å². The van der Waals surface area contributed by atoms with E-state index in [2.05, 4.69) is 28.2 Å². The number of fused-ring (bicyclic) bond motifs is 1. The van der Waals surface area contributed by atoms with Crippen LogP contribution in [0.4, 0.5) is 0 Å². The lowest BCUT2D eigenvalue weighted by atomic mass is 10.1. The Morgan fingerprint density at radius 2 is 1.74 bits per heavy atom. The van der Waals surface area contributed by atoms with Crippen molar-refractivity contribution in [1.82, 2.24) is 15.6 Å². The van der Waals surface area contributed by atoms with Crippen molar-refractivity contribution in [2.75, 3.05) is 28.2 Å². The number of hydrogen-bond acceptors (Lipinski definition) is 6. The van der Waals surface area contributed by atoms with Crippen molar-refractivity contribution in [3.05, 3.63) is 29.3 Å². The molecule has 3 N–H and O–H groups in total. The number of thiazole rings is 1. The van der Waals surface area contributed by atoms with Gasteiger partial charge in [-0.15, -0.1) is 24.0 Å². The largest absolute Gasteiger partial charge is 0.481 e. The topological polar surface area (TPSA) is 91.3 Å². The lowest BCUT2D eigenvalue weighted by molar-refractivity contribution is -0.139. The number of aromatic nitrogens is 1. The molecule has 1 unspecified atom stereocenters. The minimum Gasteiger partial charge on any atom is -0.481 e.